The molecule has 33 heavy (non-hydrogen) atoms. The molecular formula is C25H24N2O4S2. The summed E-state index contributed by atoms with van der Waals surface area (Å²) in [6, 6.07) is 21.8. The maximum absolute atomic E-state index is 13.8. The predicted octanol–water partition coefficient (Wildman–Crippen LogP) is 4.93. The van der Waals surface area contributed by atoms with Gasteiger partial charge in [0.15, 0.2) is 0 Å². The predicted molar refractivity (Wildman–Crippen MR) is 129 cm³/mol. The minimum atomic E-state index is -3.76. The highest BCUT2D eigenvalue weighted by Gasteiger charge is 2.33. The molecule has 6 nitrogen and oxygen atoms in total. The van der Waals surface area contributed by atoms with Crippen molar-refractivity contribution in [3.8, 4) is 0 Å². The van der Waals surface area contributed by atoms with Gasteiger partial charge in [0.2, 0.25) is 10.0 Å². The molecule has 3 aromatic rings. The SMILES string of the molecule is C[C@@H]1CN(S(=O)(=O)c2cccc(C(=O)N3c4ccccc4Sc4ccccc43)c2)C[C@H](C)O1. The molecule has 0 aromatic heterocycles. The van der Waals surface area contributed by atoms with E-state index in [2.05, 4.69) is 0 Å². The zero-order valence-corrected chi connectivity index (χ0v) is 20.0. The molecule has 2 heterocycles. The molecule has 1 amide bonds. The lowest BCUT2D eigenvalue weighted by atomic mass is 10.1. The molecule has 0 N–H and O–H groups in total. The number of fused-ring (bicyclic) bond motifs is 2. The summed E-state index contributed by atoms with van der Waals surface area (Å²) in [7, 11) is -3.76. The molecular weight excluding hydrogens is 456 g/mol. The molecule has 0 unspecified atom stereocenters. The maximum atomic E-state index is 13.8. The molecule has 2 aliphatic heterocycles. The van der Waals surface area contributed by atoms with E-state index in [1.54, 1.807) is 34.9 Å². The number of anilines is 2. The van der Waals surface area contributed by atoms with E-state index in [0.717, 1.165) is 21.2 Å². The van der Waals surface area contributed by atoms with E-state index >= 15 is 0 Å². The Morgan fingerprint density at radius 3 is 2.06 bits per heavy atom. The van der Waals surface area contributed by atoms with Crippen LogP contribution in [0.1, 0.15) is 24.2 Å². The first-order valence-electron chi connectivity index (χ1n) is 10.8. The average molecular weight is 481 g/mol. The fourth-order valence-electron chi connectivity index (χ4n) is 4.32. The van der Waals surface area contributed by atoms with Gasteiger partial charge >= 0.3 is 0 Å². The van der Waals surface area contributed by atoms with Crippen LogP contribution in [0.5, 0.6) is 0 Å². The minimum absolute atomic E-state index is 0.114. The highest BCUT2D eigenvalue weighted by Crippen LogP contribution is 2.48. The zero-order chi connectivity index (χ0) is 23.2. The standard InChI is InChI=1S/C25H24N2O4S2/c1-17-15-26(16-18(2)31-17)33(29,30)20-9-7-8-19(14-20)25(28)27-21-10-3-5-12-23(21)32-24-13-6-4-11-22(24)27/h3-14,17-18H,15-16H2,1-2H3/t17-,18+. The number of carbonyl (C=O) groups excluding carboxylic acids is 1. The van der Waals surface area contributed by atoms with Gasteiger partial charge in [-0.05, 0) is 56.3 Å². The van der Waals surface area contributed by atoms with Crippen molar-refractivity contribution in [2.24, 2.45) is 0 Å². The molecule has 0 aliphatic carbocycles. The van der Waals surface area contributed by atoms with Crippen LogP contribution >= 0.6 is 11.8 Å². The normalized spacial score (nSPS) is 20.7. The number of hydrogen-bond acceptors (Lipinski definition) is 5. The quantitative estimate of drug-likeness (QED) is 0.532. The summed E-state index contributed by atoms with van der Waals surface area (Å²) in [5, 5.41) is 0. The Bertz CT molecular complexity index is 1270. The Hall–Kier alpha value is -2.65. The van der Waals surface area contributed by atoms with Crippen molar-refractivity contribution in [1.82, 2.24) is 4.31 Å². The summed E-state index contributed by atoms with van der Waals surface area (Å²) < 4.78 is 33.9. The first kappa shape index (κ1) is 22.2. The maximum Gasteiger partial charge on any atom is 0.262 e. The fourth-order valence-corrected chi connectivity index (χ4v) is 7.01. The van der Waals surface area contributed by atoms with E-state index in [1.807, 2.05) is 62.4 Å². The van der Waals surface area contributed by atoms with Crippen molar-refractivity contribution < 1.29 is 17.9 Å². The van der Waals surface area contributed by atoms with Gasteiger partial charge in [-0.3, -0.25) is 9.69 Å². The number of carbonyl (C=O) groups is 1. The van der Waals surface area contributed by atoms with Crippen molar-refractivity contribution >= 4 is 39.1 Å². The van der Waals surface area contributed by atoms with Crippen LogP contribution in [0.25, 0.3) is 0 Å². The van der Waals surface area contributed by atoms with E-state index in [4.69, 9.17) is 4.74 Å². The zero-order valence-electron chi connectivity index (χ0n) is 18.3. The van der Waals surface area contributed by atoms with Crippen molar-refractivity contribution in [2.75, 3.05) is 18.0 Å². The van der Waals surface area contributed by atoms with Gasteiger partial charge in [-0.25, -0.2) is 8.42 Å². The highest BCUT2D eigenvalue weighted by atomic mass is 32.2. The lowest BCUT2D eigenvalue weighted by Crippen LogP contribution is -2.48. The fraction of sp³-hybridized carbons (Fsp3) is 0.240. The van der Waals surface area contributed by atoms with Crippen molar-refractivity contribution in [3.63, 3.8) is 0 Å². The van der Waals surface area contributed by atoms with Crippen molar-refractivity contribution in [1.29, 1.82) is 0 Å². The van der Waals surface area contributed by atoms with Gasteiger partial charge in [-0.2, -0.15) is 4.31 Å². The van der Waals surface area contributed by atoms with Crippen LogP contribution in [-0.4, -0.2) is 43.9 Å². The molecule has 3 aromatic carbocycles. The lowest BCUT2D eigenvalue weighted by Gasteiger charge is -2.34. The van der Waals surface area contributed by atoms with E-state index in [0.29, 0.717) is 5.56 Å². The Kier molecular flexibility index (Phi) is 5.78. The topological polar surface area (TPSA) is 66.9 Å². The smallest absolute Gasteiger partial charge is 0.262 e. The van der Waals surface area contributed by atoms with E-state index in [-0.39, 0.29) is 36.1 Å². The van der Waals surface area contributed by atoms with Gasteiger partial charge in [0.1, 0.15) is 0 Å². The van der Waals surface area contributed by atoms with Gasteiger partial charge in [0.25, 0.3) is 5.91 Å². The monoisotopic (exact) mass is 480 g/mol. The average Bonchev–Trinajstić information content (AvgIpc) is 2.81. The summed E-state index contributed by atoms with van der Waals surface area (Å²) in [4.78, 5) is 17.5. The molecule has 1 saturated heterocycles. The number of para-hydroxylation sites is 2. The molecule has 170 valence electrons. The number of benzene rings is 3. The second-order valence-electron chi connectivity index (χ2n) is 8.29. The number of ether oxygens (including phenoxy) is 1. The molecule has 2 atom stereocenters. The third kappa shape index (κ3) is 4.08. The summed E-state index contributed by atoms with van der Waals surface area (Å²) in [6.07, 6.45) is -0.376. The van der Waals surface area contributed by atoms with E-state index < -0.39 is 10.0 Å². The summed E-state index contributed by atoms with van der Waals surface area (Å²) in [6.45, 7) is 4.30. The van der Waals surface area contributed by atoms with Gasteiger partial charge < -0.3 is 4.74 Å². The van der Waals surface area contributed by atoms with E-state index in [9.17, 15) is 13.2 Å². The molecule has 0 spiro atoms. The molecule has 2 aliphatic rings. The van der Waals surface area contributed by atoms with Crippen LogP contribution in [-0.2, 0) is 14.8 Å². The summed E-state index contributed by atoms with van der Waals surface area (Å²) >= 11 is 1.62. The van der Waals surface area contributed by atoms with Gasteiger partial charge in [-0.1, -0.05) is 42.1 Å². The number of amides is 1. The first-order chi connectivity index (χ1) is 15.8. The first-order valence-corrected chi connectivity index (χ1v) is 13.1. The number of sulfonamides is 1. The highest BCUT2D eigenvalue weighted by molar-refractivity contribution is 7.99. The van der Waals surface area contributed by atoms with E-state index in [1.165, 1.54) is 10.4 Å². The van der Waals surface area contributed by atoms with Crippen molar-refractivity contribution in [2.45, 2.75) is 40.7 Å². The Morgan fingerprint density at radius 1 is 0.879 bits per heavy atom. The number of nitrogens with zero attached hydrogens (tertiary/aromatic N) is 2. The Balaban J connectivity index is 1.53. The molecule has 0 radical (unpaired) electrons. The second-order valence-corrected chi connectivity index (χ2v) is 11.3. The van der Waals surface area contributed by atoms with Crippen LogP contribution in [0.4, 0.5) is 11.4 Å². The molecule has 8 heteroatoms. The van der Waals surface area contributed by atoms with Gasteiger partial charge in [0, 0.05) is 28.4 Å². The largest absolute Gasteiger partial charge is 0.373 e. The molecule has 0 bridgehead atoms. The number of morpholine rings is 1. The summed E-state index contributed by atoms with van der Waals surface area (Å²) in [5.74, 6) is -0.268. The third-order valence-corrected chi connectivity index (χ3v) is 8.70. The molecule has 5 rings (SSSR count). The van der Waals surface area contributed by atoms with Crippen LogP contribution in [0.2, 0.25) is 0 Å². The molecule has 0 saturated carbocycles. The van der Waals surface area contributed by atoms with Crippen LogP contribution < -0.4 is 4.90 Å². The number of hydrogen-bond donors (Lipinski definition) is 0. The van der Waals surface area contributed by atoms with Crippen LogP contribution in [0, 0.1) is 0 Å². The third-order valence-electron chi connectivity index (χ3n) is 5.74. The summed E-state index contributed by atoms with van der Waals surface area (Å²) in [5.41, 5.74) is 1.90. The number of rotatable bonds is 3. The van der Waals surface area contributed by atoms with Gasteiger partial charge in [0.05, 0.1) is 28.5 Å². The second kappa shape index (κ2) is 8.61. The minimum Gasteiger partial charge on any atom is -0.373 e. The Labute approximate surface area is 198 Å². The van der Waals surface area contributed by atoms with Crippen LogP contribution in [0.15, 0.2) is 87.5 Å². The molecule has 1 fully saturated rings. The lowest BCUT2D eigenvalue weighted by molar-refractivity contribution is -0.0440. The Morgan fingerprint density at radius 2 is 1.45 bits per heavy atom. The van der Waals surface area contributed by atoms with Gasteiger partial charge in [-0.15, -0.1) is 0 Å². The van der Waals surface area contributed by atoms with Crippen molar-refractivity contribution in [3.05, 3.63) is 78.4 Å². The van der Waals surface area contributed by atoms with Crippen LogP contribution in [0.3, 0.4) is 0 Å².